The molecular formula is C21H25N3O8. The number of nitrogens with zero attached hydrogens (tertiary/aromatic N) is 1. The standard InChI is InChI=1S/C21H25N3O8/c1-4-31-19(26)16-13-8-6-12(10-15(25)24(11-30-3)21(28)23-29)7-9-14(13)17(18(16)22)20(27)32-5-2/h6-9,29H,4-5,10-11,22H2,1-3H3,(H,23,28). The molecule has 0 aromatic rings. The Hall–Kier alpha value is -3.70. The molecule has 0 aliphatic heterocycles. The van der Waals surface area contributed by atoms with Gasteiger partial charge in [-0.2, -0.15) is 0 Å². The number of nitrogens with one attached hydrogen (secondary N) is 1. The minimum absolute atomic E-state index is 0.0269. The highest BCUT2D eigenvalue weighted by molar-refractivity contribution is 6.15. The van der Waals surface area contributed by atoms with Crippen molar-refractivity contribution in [2.45, 2.75) is 20.3 Å². The van der Waals surface area contributed by atoms with Crippen molar-refractivity contribution in [2.24, 2.45) is 0 Å². The number of nitrogens with two attached hydrogens (primary N) is 1. The van der Waals surface area contributed by atoms with Gasteiger partial charge in [-0.05, 0) is 30.5 Å². The summed E-state index contributed by atoms with van der Waals surface area (Å²) < 4.78 is 15.0. The third-order valence-corrected chi connectivity index (χ3v) is 4.51. The monoisotopic (exact) mass is 447 g/mol. The van der Waals surface area contributed by atoms with Gasteiger partial charge in [0.2, 0.25) is 5.91 Å². The summed E-state index contributed by atoms with van der Waals surface area (Å²) in [5.74, 6) is -2.04. The minimum atomic E-state index is -1.04. The van der Waals surface area contributed by atoms with E-state index >= 15 is 0 Å². The van der Waals surface area contributed by atoms with Crippen LogP contribution in [-0.4, -0.2) is 61.0 Å². The average molecular weight is 447 g/mol. The molecule has 2 aliphatic carbocycles. The predicted octanol–water partition coefficient (Wildman–Crippen LogP) is 1.80. The maximum absolute atomic E-state index is 12.5. The number of nitrogen functional groups attached to an aromatic ring is 1. The van der Waals surface area contributed by atoms with Crippen molar-refractivity contribution in [3.63, 3.8) is 0 Å². The molecule has 0 radical (unpaired) electrons. The molecule has 0 fully saturated rings. The molecule has 0 atom stereocenters. The van der Waals surface area contributed by atoms with Crippen molar-refractivity contribution in [2.75, 3.05) is 32.8 Å². The lowest BCUT2D eigenvalue weighted by Gasteiger charge is -2.18. The van der Waals surface area contributed by atoms with Crippen molar-refractivity contribution >= 4 is 29.6 Å². The lowest BCUT2D eigenvalue weighted by atomic mass is 10.1. The summed E-state index contributed by atoms with van der Waals surface area (Å²) in [6.45, 7) is 3.14. The number of hydrogen-bond acceptors (Lipinski definition) is 9. The van der Waals surface area contributed by atoms with Gasteiger partial charge in [-0.3, -0.25) is 10.0 Å². The van der Waals surface area contributed by atoms with E-state index < -0.39 is 23.9 Å². The Morgan fingerprint density at radius 3 is 1.88 bits per heavy atom. The molecule has 11 heteroatoms. The van der Waals surface area contributed by atoms with Crippen molar-refractivity contribution in [1.29, 1.82) is 0 Å². The van der Waals surface area contributed by atoms with Crippen molar-refractivity contribution in [3.05, 3.63) is 41.0 Å². The Labute approximate surface area is 184 Å². The van der Waals surface area contributed by atoms with Crippen molar-refractivity contribution < 1.29 is 38.6 Å². The van der Waals surface area contributed by atoms with Gasteiger partial charge < -0.3 is 19.9 Å². The third kappa shape index (κ3) is 5.13. The molecule has 2 aliphatic rings. The summed E-state index contributed by atoms with van der Waals surface area (Å²) in [4.78, 5) is 49.9. The highest BCUT2D eigenvalue weighted by atomic mass is 16.5. The van der Waals surface area contributed by atoms with Gasteiger partial charge in [-0.15, -0.1) is 0 Å². The molecule has 0 unspecified atom stereocenters. The summed E-state index contributed by atoms with van der Waals surface area (Å²) >= 11 is 0. The zero-order valence-electron chi connectivity index (χ0n) is 18.0. The smallest absolute Gasteiger partial charge is 0.349 e. The van der Waals surface area contributed by atoms with Crippen molar-refractivity contribution in [3.8, 4) is 11.1 Å². The number of hydroxylamine groups is 1. The van der Waals surface area contributed by atoms with Crippen LogP contribution < -0.4 is 11.2 Å². The maximum Gasteiger partial charge on any atom is 0.349 e. The molecule has 172 valence electrons. The molecule has 11 nitrogen and oxygen atoms in total. The molecule has 2 rings (SSSR count). The Morgan fingerprint density at radius 2 is 1.47 bits per heavy atom. The maximum atomic E-state index is 12.5. The summed E-state index contributed by atoms with van der Waals surface area (Å²) in [5, 5.41) is 8.82. The van der Waals surface area contributed by atoms with Crippen LogP contribution in [0.2, 0.25) is 0 Å². The zero-order valence-corrected chi connectivity index (χ0v) is 18.0. The highest BCUT2D eigenvalue weighted by Gasteiger charge is 2.31. The van der Waals surface area contributed by atoms with Crippen LogP contribution in [0, 0.1) is 0 Å². The van der Waals surface area contributed by atoms with Crippen LogP contribution in [0.5, 0.6) is 0 Å². The molecule has 0 bridgehead atoms. The van der Waals surface area contributed by atoms with Crippen LogP contribution in [-0.2, 0) is 25.4 Å². The summed E-state index contributed by atoms with van der Waals surface area (Å²) in [7, 11) is 1.29. The van der Waals surface area contributed by atoms with Gasteiger partial charge in [0.15, 0.2) is 0 Å². The molecule has 0 saturated heterocycles. The molecular weight excluding hydrogens is 422 g/mol. The Kier molecular flexibility index (Phi) is 8.50. The van der Waals surface area contributed by atoms with E-state index in [1.807, 2.05) is 0 Å². The number of carbonyl (C=O) groups is 4. The van der Waals surface area contributed by atoms with Gasteiger partial charge in [0.05, 0.1) is 36.4 Å². The fraction of sp³-hybridized carbons (Fsp3) is 0.333. The van der Waals surface area contributed by atoms with Crippen molar-refractivity contribution in [1.82, 2.24) is 10.4 Å². The van der Waals surface area contributed by atoms with E-state index in [-0.39, 0.29) is 43.2 Å². The van der Waals surface area contributed by atoms with Crippen LogP contribution >= 0.6 is 0 Å². The molecule has 4 N–H and O–H groups in total. The number of carbonyl (C=O) groups excluding carboxylic acids is 4. The summed E-state index contributed by atoms with van der Waals surface area (Å²) in [5.41, 5.74) is 8.67. The number of ether oxygens (including phenoxy) is 3. The van der Waals surface area contributed by atoms with Gasteiger partial charge in [-0.25, -0.2) is 24.8 Å². The number of esters is 2. The second-order valence-electron chi connectivity index (χ2n) is 6.51. The fourth-order valence-electron chi connectivity index (χ4n) is 3.13. The fourth-order valence-corrected chi connectivity index (χ4v) is 3.13. The zero-order chi connectivity index (χ0) is 23.8. The first kappa shape index (κ1) is 24.6. The Balaban J connectivity index is 2.54. The second kappa shape index (κ2) is 11.1. The number of hydrogen-bond donors (Lipinski definition) is 3. The topological polar surface area (TPSA) is 157 Å². The molecule has 0 saturated carbocycles. The van der Waals surface area contributed by atoms with Gasteiger partial charge in [0.1, 0.15) is 6.73 Å². The van der Waals surface area contributed by atoms with Gasteiger partial charge in [0.25, 0.3) is 0 Å². The number of methoxy groups -OCH3 is 1. The largest absolute Gasteiger partial charge is 0.462 e. The van der Waals surface area contributed by atoms with E-state index in [4.69, 9.17) is 25.2 Å². The predicted molar refractivity (Wildman–Crippen MR) is 112 cm³/mol. The van der Waals surface area contributed by atoms with E-state index in [0.29, 0.717) is 21.6 Å². The van der Waals surface area contributed by atoms with E-state index in [0.717, 1.165) is 0 Å². The number of rotatable bonds is 8. The van der Waals surface area contributed by atoms with Crippen LogP contribution in [0.4, 0.5) is 10.5 Å². The van der Waals surface area contributed by atoms with E-state index in [9.17, 15) is 19.2 Å². The summed E-state index contributed by atoms with van der Waals surface area (Å²) in [6, 6.07) is 5.14. The third-order valence-electron chi connectivity index (χ3n) is 4.51. The second-order valence-corrected chi connectivity index (χ2v) is 6.51. The van der Waals surface area contributed by atoms with Crippen LogP contribution in [0.25, 0.3) is 11.1 Å². The normalized spacial score (nSPS) is 10.5. The average Bonchev–Trinajstić information content (AvgIpc) is 2.89. The molecule has 0 aromatic carbocycles. The van der Waals surface area contributed by atoms with E-state index in [2.05, 4.69) is 0 Å². The molecule has 0 heterocycles. The first-order chi connectivity index (χ1) is 15.3. The summed E-state index contributed by atoms with van der Waals surface area (Å²) in [6.07, 6.45) is -0.229. The molecule has 32 heavy (non-hydrogen) atoms. The van der Waals surface area contributed by atoms with Gasteiger partial charge in [-0.1, -0.05) is 24.3 Å². The van der Waals surface area contributed by atoms with Crippen LogP contribution in [0.15, 0.2) is 24.3 Å². The molecule has 0 spiro atoms. The quantitative estimate of drug-likeness (QED) is 0.237. The molecule has 3 amide bonds. The lowest BCUT2D eigenvalue weighted by Crippen LogP contribution is -2.44. The first-order valence-corrected chi connectivity index (χ1v) is 9.72. The first-order valence-electron chi connectivity index (χ1n) is 9.72. The highest BCUT2D eigenvalue weighted by Crippen LogP contribution is 2.39. The Bertz CT molecular complexity index is 936. The number of amides is 3. The van der Waals surface area contributed by atoms with Crippen LogP contribution in [0.3, 0.4) is 0 Å². The number of urea groups is 1. The number of imide groups is 1. The lowest BCUT2D eigenvalue weighted by molar-refractivity contribution is -0.131. The number of fused-ring (bicyclic) bond motifs is 1. The van der Waals surface area contributed by atoms with Gasteiger partial charge in [0, 0.05) is 7.11 Å². The number of anilines is 1. The minimum Gasteiger partial charge on any atom is -0.462 e. The SMILES string of the molecule is CCOC(=O)c1c2ccc(CC(=O)N(COC)C(=O)NO)ccc-2c(C(=O)OCC)c1N. The molecule has 0 aromatic heterocycles. The Morgan fingerprint density at radius 1 is 0.969 bits per heavy atom. The van der Waals surface area contributed by atoms with Crippen LogP contribution in [0.1, 0.15) is 40.1 Å². The van der Waals surface area contributed by atoms with E-state index in [1.165, 1.54) is 24.7 Å². The van der Waals surface area contributed by atoms with Gasteiger partial charge >= 0.3 is 18.0 Å². The van der Waals surface area contributed by atoms with E-state index in [1.54, 1.807) is 26.0 Å².